The van der Waals surface area contributed by atoms with E-state index in [0.717, 1.165) is 6.07 Å². The Labute approximate surface area is 81.1 Å². The van der Waals surface area contributed by atoms with Gasteiger partial charge in [-0.15, -0.1) is 0 Å². The topological polar surface area (TPSA) is 58.9 Å². The molecule has 1 aromatic heterocycles. The number of nitrogens with two attached hydrogens (primary N) is 1. The van der Waals surface area contributed by atoms with Crippen molar-refractivity contribution in [3.8, 4) is 0 Å². The minimum atomic E-state index is -2.69. The summed E-state index contributed by atoms with van der Waals surface area (Å²) in [5, 5.41) is 0. The number of hydrogen-bond acceptors (Lipinski definition) is 2. The van der Waals surface area contributed by atoms with E-state index in [-0.39, 0.29) is 16.7 Å². The summed E-state index contributed by atoms with van der Waals surface area (Å²) in [4.78, 5) is 13.4. The van der Waals surface area contributed by atoms with Gasteiger partial charge in [-0.25, -0.2) is 8.78 Å². The van der Waals surface area contributed by atoms with Crippen LogP contribution in [0.25, 0.3) is 0 Å². The molecule has 3 N–H and O–H groups in total. The van der Waals surface area contributed by atoms with Crippen molar-refractivity contribution in [3.05, 3.63) is 32.2 Å². The van der Waals surface area contributed by atoms with Crippen molar-refractivity contribution in [3.63, 3.8) is 0 Å². The van der Waals surface area contributed by atoms with E-state index in [0.29, 0.717) is 0 Å². The highest BCUT2D eigenvalue weighted by molar-refractivity contribution is 9.10. The molecule has 6 heteroatoms. The largest absolute Gasteiger partial charge is 0.355 e. The first kappa shape index (κ1) is 10.3. The molecule has 1 heterocycles. The van der Waals surface area contributed by atoms with Crippen LogP contribution >= 0.6 is 15.9 Å². The van der Waals surface area contributed by atoms with Gasteiger partial charge in [-0.2, -0.15) is 0 Å². The highest BCUT2D eigenvalue weighted by atomic mass is 79.9. The quantitative estimate of drug-likeness (QED) is 0.839. The molecule has 0 saturated carbocycles. The lowest BCUT2D eigenvalue weighted by atomic mass is 10.3. The summed E-state index contributed by atoms with van der Waals surface area (Å²) in [5.74, 6) is 0. The number of aromatic amines is 1. The molecule has 0 spiro atoms. The van der Waals surface area contributed by atoms with Crippen LogP contribution in [0, 0.1) is 0 Å². The highest BCUT2D eigenvalue weighted by Crippen LogP contribution is 2.17. The Morgan fingerprint density at radius 3 is 2.69 bits per heavy atom. The van der Waals surface area contributed by atoms with E-state index >= 15 is 0 Å². The average Bonchev–Trinajstić information content (AvgIpc) is 2.09. The van der Waals surface area contributed by atoms with Gasteiger partial charge < -0.3 is 10.7 Å². The second kappa shape index (κ2) is 3.97. The Morgan fingerprint density at radius 2 is 2.23 bits per heavy atom. The SMILES string of the molecule is NCc1[nH]c(C(F)F)cc(=O)c1Br. The maximum atomic E-state index is 12.2. The van der Waals surface area contributed by atoms with Crippen LogP contribution in [0.5, 0.6) is 0 Å². The number of hydrogen-bond donors (Lipinski definition) is 2. The summed E-state index contributed by atoms with van der Waals surface area (Å²) >= 11 is 2.95. The second-order valence-corrected chi connectivity index (χ2v) is 3.18. The lowest BCUT2D eigenvalue weighted by molar-refractivity contribution is 0.145. The molecule has 0 radical (unpaired) electrons. The molecule has 0 aromatic carbocycles. The first-order valence-corrected chi connectivity index (χ1v) is 4.25. The van der Waals surface area contributed by atoms with Gasteiger partial charge in [0, 0.05) is 18.3 Å². The van der Waals surface area contributed by atoms with Crippen LogP contribution in [0.1, 0.15) is 17.8 Å². The molecule has 0 atom stereocenters. The Bertz CT molecular complexity index is 364. The number of rotatable bonds is 2. The van der Waals surface area contributed by atoms with Crippen LogP contribution in [0.4, 0.5) is 8.78 Å². The molecule has 0 unspecified atom stereocenters. The van der Waals surface area contributed by atoms with Gasteiger partial charge in [-0.3, -0.25) is 4.79 Å². The van der Waals surface area contributed by atoms with Crippen LogP contribution in [0.3, 0.4) is 0 Å². The third kappa shape index (κ3) is 2.13. The minimum absolute atomic E-state index is 0.0103. The van der Waals surface area contributed by atoms with Crippen molar-refractivity contribution in [1.29, 1.82) is 0 Å². The third-order valence-corrected chi connectivity index (χ3v) is 2.37. The van der Waals surface area contributed by atoms with Gasteiger partial charge in [0.2, 0.25) is 0 Å². The van der Waals surface area contributed by atoms with Gasteiger partial charge in [0.25, 0.3) is 6.43 Å². The van der Waals surface area contributed by atoms with Crippen LogP contribution in [-0.2, 0) is 6.54 Å². The fourth-order valence-electron chi connectivity index (χ4n) is 0.877. The van der Waals surface area contributed by atoms with Crippen molar-refractivity contribution in [2.24, 2.45) is 5.73 Å². The summed E-state index contributed by atoms with van der Waals surface area (Å²) in [7, 11) is 0. The van der Waals surface area contributed by atoms with E-state index in [4.69, 9.17) is 5.73 Å². The van der Waals surface area contributed by atoms with Gasteiger partial charge in [0.05, 0.1) is 10.2 Å². The Hall–Kier alpha value is -0.750. The zero-order valence-corrected chi connectivity index (χ0v) is 8.07. The fraction of sp³-hybridized carbons (Fsp3) is 0.286. The van der Waals surface area contributed by atoms with E-state index in [2.05, 4.69) is 20.9 Å². The number of halogens is 3. The van der Waals surface area contributed by atoms with Crippen molar-refractivity contribution in [2.75, 3.05) is 0 Å². The minimum Gasteiger partial charge on any atom is -0.355 e. The van der Waals surface area contributed by atoms with Gasteiger partial charge in [0.15, 0.2) is 5.43 Å². The highest BCUT2D eigenvalue weighted by Gasteiger charge is 2.12. The summed E-state index contributed by atoms with van der Waals surface area (Å²) in [6.07, 6.45) is -2.69. The zero-order chi connectivity index (χ0) is 10.0. The molecule has 0 aliphatic rings. The maximum absolute atomic E-state index is 12.2. The summed E-state index contributed by atoms with van der Waals surface area (Å²) in [5.41, 5.74) is 4.62. The summed E-state index contributed by atoms with van der Waals surface area (Å²) < 4.78 is 24.5. The van der Waals surface area contributed by atoms with Crippen molar-refractivity contribution >= 4 is 15.9 Å². The Kier molecular flexibility index (Phi) is 3.16. The van der Waals surface area contributed by atoms with Crippen LogP contribution < -0.4 is 11.2 Å². The summed E-state index contributed by atoms with van der Waals surface area (Å²) in [6, 6.07) is 0.855. The molecule has 0 aliphatic carbocycles. The molecule has 0 fully saturated rings. The van der Waals surface area contributed by atoms with Gasteiger partial charge in [-0.05, 0) is 15.9 Å². The predicted octanol–water partition coefficient (Wildman–Crippen LogP) is 1.53. The molecular formula is C7H7BrF2N2O. The Morgan fingerprint density at radius 1 is 1.62 bits per heavy atom. The van der Waals surface area contributed by atoms with Crippen molar-refractivity contribution < 1.29 is 8.78 Å². The molecule has 1 rings (SSSR count). The van der Waals surface area contributed by atoms with E-state index in [9.17, 15) is 13.6 Å². The van der Waals surface area contributed by atoms with Crippen LogP contribution in [0.15, 0.2) is 15.3 Å². The first-order valence-electron chi connectivity index (χ1n) is 3.46. The number of H-pyrrole nitrogens is 1. The van der Waals surface area contributed by atoms with Crippen molar-refractivity contribution in [1.82, 2.24) is 4.98 Å². The molecular weight excluding hydrogens is 246 g/mol. The second-order valence-electron chi connectivity index (χ2n) is 2.39. The third-order valence-electron chi connectivity index (χ3n) is 1.50. The smallest absolute Gasteiger partial charge is 0.278 e. The molecule has 13 heavy (non-hydrogen) atoms. The molecule has 0 amide bonds. The van der Waals surface area contributed by atoms with E-state index in [1.165, 1.54) is 0 Å². The lowest BCUT2D eigenvalue weighted by Gasteiger charge is -2.04. The standard InChI is InChI=1S/C7H7BrF2N2O/c8-6-4(2-11)12-3(7(9)10)1-5(6)13/h1,7H,2,11H2,(H,12,13). The van der Waals surface area contributed by atoms with Crippen molar-refractivity contribution in [2.45, 2.75) is 13.0 Å². The predicted molar refractivity (Wildman–Crippen MR) is 47.6 cm³/mol. The van der Waals surface area contributed by atoms with Gasteiger partial charge in [-0.1, -0.05) is 0 Å². The monoisotopic (exact) mass is 252 g/mol. The van der Waals surface area contributed by atoms with Gasteiger partial charge >= 0.3 is 0 Å². The molecule has 0 aliphatic heterocycles. The number of nitrogens with one attached hydrogen (secondary N) is 1. The van der Waals surface area contributed by atoms with E-state index < -0.39 is 17.5 Å². The van der Waals surface area contributed by atoms with Crippen LogP contribution in [0.2, 0.25) is 0 Å². The number of pyridine rings is 1. The average molecular weight is 253 g/mol. The number of aromatic nitrogens is 1. The molecule has 0 saturated heterocycles. The van der Waals surface area contributed by atoms with E-state index in [1.54, 1.807) is 0 Å². The molecule has 72 valence electrons. The Balaban J connectivity index is 3.31. The molecule has 3 nitrogen and oxygen atoms in total. The number of alkyl halides is 2. The van der Waals surface area contributed by atoms with Gasteiger partial charge in [0.1, 0.15) is 0 Å². The summed E-state index contributed by atoms with van der Waals surface area (Å²) in [6.45, 7) is 0.0103. The zero-order valence-electron chi connectivity index (χ0n) is 6.48. The molecule has 1 aromatic rings. The first-order chi connectivity index (χ1) is 6.06. The lowest BCUT2D eigenvalue weighted by Crippen LogP contribution is -2.13. The fourth-order valence-corrected chi connectivity index (χ4v) is 1.25. The normalized spacial score (nSPS) is 10.8. The molecule has 0 bridgehead atoms. The maximum Gasteiger partial charge on any atom is 0.278 e. The van der Waals surface area contributed by atoms with Crippen LogP contribution in [-0.4, -0.2) is 4.98 Å². The van der Waals surface area contributed by atoms with E-state index in [1.807, 2.05) is 0 Å².